The van der Waals surface area contributed by atoms with Crippen molar-refractivity contribution in [3.05, 3.63) is 58.3 Å². The number of rotatable bonds is 5. The van der Waals surface area contributed by atoms with Gasteiger partial charge < -0.3 is 10.2 Å². The lowest BCUT2D eigenvalue weighted by Crippen LogP contribution is -2.36. The summed E-state index contributed by atoms with van der Waals surface area (Å²) >= 11 is 11.8. The zero-order valence-electron chi connectivity index (χ0n) is 12.4. The van der Waals surface area contributed by atoms with Gasteiger partial charge in [0.05, 0.1) is 0 Å². The Kier molecular flexibility index (Phi) is 5.96. The molecule has 1 aromatic heterocycles. The summed E-state index contributed by atoms with van der Waals surface area (Å²) in [6, 6.07) is 8.37. The van der Waals surface area contributed by atoms with Gasteiger partial charge in [0.1, 0.15) is 6.54 Å². The van der Waals surface area contributed by atoms with E-state index in [9.17, 15) is 9.59 Å². The minimum Gasteiger partial charge on any atom is -0.329 e. The van der Waals surface area contributed by atoms with Gasteiger partial charge in [0, 0.05) is 41.6 Å². The number of hydrogen-bond acceptors (Lipinski definition) is 3. The third-order valence-corrected chi connectivity index (χ3v) is 3.46. The molecule has 1 N–H and O–H groups in total. The second-order valence-corrected chi connectivity index (χ2v) is 5.82. The molecule has 2 amide bonds. The van der Waals surface area contributed by atoms with Crippen LogP contribution in [0.4, 0.5) is 5.69 Å². The van der Waals surface area contributed by atoms with Crippen LogP contribution in [-0.4, -0.2) is 28.2 Å². The van der Waals surface area contributed by atoms with Crippen molar-refractivity contribution < 1.29 is 9.59 Å². The lowest BCUT2D eigenvalue weighted by atomic mass is 10.2. The highest BCUT2D eigenvalue weighted by Crippen LogP contribution is 2.22. The molecule has 1 heterocycles. The highest BCUT2D eigenvalue weighted by Gasteiger charge is 2.14. The average Bonchev–Trinajstić information content (AvgIpc) is 2.46. The molecule has 120 valence electrons. The van der Waals surface area contributed by atoms with Crippen LogP contribution in [0.15, 0.2) is 42.7 Å². The Morgan fingerprint density at radius 1 is 1.22 bits per heavy atom. The number of carbonyl (C=O) groups is 2. The molecule has 0 radical (unpaired) electrons. The highest BCUT2D eigenvalue weighted by molar-refractivity contribution is 6.35. The number of nitrogens with zero attached hydrogens (tertiary/aromatic N) is 2. The Morgan fingerprint density at radius 3 is 2.48 bits per heavy atom. The Balaban J connectivity index is 2.02. The van der Waals surface area contributed by atoms with Gasteiger partial charge in [-0.3, -0.25) is 14.6 Å². The Hall–Kier alpha value is -2.11. The van der Waals surface area contributed by atoms with Gasteiger partial charge in [0.25, 0.3) is 0 Å². The largest absolute Gasteiger partial charge is 0.329 e. The fraction of sp³-hybridized carbons (Fsp3) is 0.188. The van der Waals surface area contributed by atoms with Gasteiger partial charge in [-0.05, 0) is 29.8 Å². The number of amides is 2. The topological polar surface area (TPSA) is 62.3 Å². The molecule has 0 aliphatic rings. The van der Waals surface area contributed by atoms with Crippen molar-refractivity contribution in [3.63, 3.8) is 0 Å². The van der Waals surface area contributed by atoms with Crippen LogP contribution in [-0.2, 0) is 16.1 Å². The summed E-state index contributed by atoms with van der Waals surface area (Å²) in [7, 11) is 0. The number of carbonyl (C=O) groups excluding carboxylic acids is 2. The molecule has 0 atom stereocenters. The van der Waals surface area contributed by atoms with Gasteiger partial charge in [0.15, 0.2) is 0 Å². The third-order valence-electron chi connectivity index (χ3n) is 3.02. The Morgan fingerprint density at radius 2 is 1.91 bits per heavy atom. The zero-order chi connectivity index (χ0) is 16.8. The molecular weight excluding hydrogens is 337 g/mol. The predicted molar refractivity (Wildman–Crippen MR) is 90.4 cm³/mol. The molecule has 0 aliphatic heterocycles. The first kappa shape index (κ1) is 17.2. The van der Waals surface area contributed by atoms with Crippen molar-refractivity contribution in [3.8, 4) is 0 Å². The standard InChI is InChI=1S/C16H15Cl2N3O2/c1-11(22)21(9-12-3-2-4-19-8-12)10-16(23)20-15-6-13(17)5-14(18)7-15/h2-8H,9-10H2,1H3,(H,20,23). The van der Waals surface area contributed by atoms with Crippen LogP contribution in [0.25, 0.3) is 0 Å². The molecule has 0 fully saturated rings. The molecule has 0 saturated heterocycles. The number of nitrogens with one attached hydrogen (secondary N) is 1. The molecule has 2 aromatic rings. The second-order valence-electron chi connectivity index (χ2n) is 4.94. The van der Waals surface area contributed by atoms with E-state index in [-0.39, 0.29) is 18.4 Å². The maximum Gasteiger partial charge on any atom is 0.244 e. The van der Waals surface area contributed by atoms with E-state index in [4.69, 9.17) is 23.2 Å². The van der Waals surface area contributed by atoms with E-state index in [1.165, 1.54) is 11.8 Å². The van der Waals surface area contributed by atoms with Crippen molar-refractivity contribution >= 4 is 40.7 Å². The average molecular weight is 352 g/mol. The van der Waals surface area contributed by atoms with Crippen molar-refractivity contribution in [1.29, 1.82) is 0 Å². The fourth-order valence-electron chi connectivity index (χ4n) is 1.99. The molecule has 1 aromatic carbocycles. The molecule has 23 heavy (non-hydrogen) atoms. The third kappa shape index (κ3) is 5.54. The minimum absolute atomic E-state index is 0.0750. The predicted octanol–water partition coefficient (Wildman–Crippen LogP) is 3.38. The highest BCUT2D eigenvalue weighted by atomic mass is 35.5. The van der Waals surface area contributed by atoms with Gasteiger partial charge in [-0.25, -0.2) is 0 Å². The lowest BCUT2D eigenvalue weighted by molar-refractivity contribution is -0.133. The Labute approximate surface area is 144 Å². The molecular formula is C16H15Cl2N3O2. The van der Waals surface area contributed by atoms with Crippen LogP contribution in [0.5, 0.6) is 0 Å². The van der Waals surface area contributed by atoms with E-state index in [0.717, 1.165) is 5.56 Å². The van der Waals surface area contributed by atoms with E-state index in [1.54, 1.807) is 36.7 Å². The number of benzene rings is 1. The number of aromatic nitrogens is 1. The van der Waals surface area contributed by atoms with Gasteiger partial charge in [0.2, 0.25) is 11.8 Å². The van der Waals surface area contributed by atoms with E-state index in [1.807, 2.05) is 6.07 Å². The van der Waals surface area contributed by atoms with Crippen molar-refractivity contribution in [2.75, 3.05) is 11.9 Å². The maximum atomic E-state index is 12.1. The van der Waals surface area contributed by atoms with E-state index >= 15 is 0 Å². The molecule has 0 aliphatic carbocycles. The van der Waals surface area contributed by atoms with Crippen LogP contribution in [0.1, 0.15) is 12.5 Å². The number of halogens is 2. The molecule has 0 bridgehead atoms. The molecule has 0 unspecified atom stereocenters. The Bertz CT molecular complexity index is 687. The summed E-state index contributed by atoms with van der Waals surface area (Å²) in [6.45, 7) is 1.65. The van der Waals surface area contributed by atoms with Crippen molar-refractivity contribution in [2.24, 2.45) is 0 Å². The van der Waals surface area contributed by atoms with Gasteiger partial charge in [-0.15, -0.1) is 0 Å². The van der Waals surface area contributed by atoms with Crippen LogP contribution >= 0.6 is 23.2 Å². The summed E-state index contributed by atoms with van der Waals surface area (Å²) in [4.78, 5) is 29.3. The number of hydrogen-bond donors (Lipinski definition) is 1. The second kappa shape index (κ2) is 7.94. The minimum atomic E-state index is -0.331. The van der Waals surface area contributed by atoms with Crippen molar-refractivity contribution in [2.45, 2.75) is 13.5 Å². The first-order chi connectivity index (χ1) is 10.9. The van der Waals surface area contributed by atoms with Gasteiger partial charge in [-0.2, -0.15) is 0 Å². The summed E-state index contributed by atoms with van der Waals surface area (Å²) in [6.07, 6.45) is 3.31. The van der Waals surface area contributed by atoms with Gasteiger partial charge >= 0.3 is 0 Å². The van der Waals surface area contributed by atoms with E-state index in [2.05, 4.69) is 10.3 Å². The SMILES string of the molecule is CC(=O)N(CC(=O)Nc1cc(Cl)cc(Cl)c1)Cc1cccnc1. The smallest absolute Gasteiger partial charge is 0.244 e. The molecule has 2 rings (SSSR count). The van der Waals surface area contributed by atoms with Crippen LogP contribution in [0, 0.1) is 0 Å². The normalized spacial score (nSPS) is 10.2. The first-order valence-electron chi connectivity index (χ1n) is 6.84. The fourth-order valence-corrected chi connectivity index (χ4v) is 2.52. The number of pyridine rings is 1. The molecule has 0 spiro atoms. The molecule has 5 nitrogen and oxygen atoms in total. The van der Waals surface area contributed by atoms with Crippen LogP contribution in [0.3, 0.4) is 0 Å². The zero-order valence-corrected chi connectivity index (χ0v) is 13.9. The lowest BCUT2D eigenvalue weighted by Gasteiger charge is -2.20. The summed E-state index contributed by atoms with van der Waals surface area (Å²) in [5.41, 5.74) is 1.33. The van der Waals surface area contributed by atoms with E-state index < -0.39 is 0 Å². The first-order valence-corrected chi connectivity index (χ1v) is 7.60. The monoisotopic (exact) mass is 351 g/mol. The van der Waals surface area contributed by atoms with Gasteiger partial charge in [-0.1, -0.05) is 29.3 Å². The van der Waals surface area contributed by atoms with Crippen LogP contribution < -0.4 is 5.32 Å². The van der Waals surface area contributed by atoms with Crippen molar-refractivity contribution in [1.82, 2.24) is 9.88 Å². The van der Waals surface area contributed by atoms with E-state index in [0.29, 0.717) is 22.3 Å². The summed E-state index contributed by atoms with van der Waals surface area (Å²) in [5.74, 6) is -0.532. The number of anilines is 1. The maximum absolute atomic E-state index is 12.1. The quantitative estimate of drug-likeness (QED) is 0.897. The summed E-state index contributed by atoms with van der Waals surface area (Å²) in [5, 5.41) is 3.52. The van der Waals surface area contributed by atoms with Crippen LogP contribution in [0.2, 0.25) is 10.0 Å². The molecule has 7 heteroatoms. The molecule has 0 saturated carbocycles. The summed E-state index contributed by atoms with van der Waals surface area (Å²) < 4.78 is 0.